The highest BCUT2D eigenvalue weighted by Gasteiger charge is 2.05. The monoisotopic (exact) mass is 270 g/mol. The van der Waals surface area contributed by atoms with Crippen molar-refractivity contribution in [3.63, 3.8) is 0 Å². The molecule has 0 spiro atoms. The van der Waals surface area contributed by atoms with Crippen LogP contribution < -0.4 is 0 Å². The van der Waals surface area contributed by atoms with Gasteiger partial charge in [0.1, 0.15) is 0 Å². The van der Waals surface area contributed by atoms with E-state index >= 15 is 0 Å². The molecule has 17 heavy (non-hydrogen) atoms. The largest absolute Gasteiger partial charge is 0.297 e. The van der Waals surface area contributed by atoms with E-state index in [0.717, 1.165) is 18.7 Å². The summed E-state index contributed by atoms with van der Waals surface area (Å²) >= 11 is 11.8. The summed E-state index contributed by atoms with van der Waals surface area (Å²) in [5.41, 5.74) is 0.989. The van der Waals surface area contributed by atoms with Gasteiger partial charge in [0.2, 0.25) is 0 Å². The summed E-state index contributed by atoms with van der Waals surface area (Å²) in [6.07, 6.45) is 6.96. The molecular formula is C13H16Cl2N2. The lowest BCUT2D eigenvalue weighted by molar-refractivity contribution is 0.302. The fraction of sp³-hybridized carbons (Fsp3) is 0.462. The first-order chi connectivity index (χ1) is 8.25. The van der Waals surface area contributed by atoms with E-state index in [1.807, 2.05) is 18.3 Å². The Morgan fingerprint density at radius 3 is 2.35 bits per heavy atom. The molecular weight excluding hydrogens is 255 g/mol. The van der Waals surface area contributed by atoms with Crippen LogP contribution in [0.2, 0.25) is 10.0 Å². The maximum Gasteiger partial charge on any atom is 0.0598 e. The molecule has 0 unspecified atom stereocenters. The summed E-state index contributed by atoms with van der Waals surface area (Å²) in [6, 6.07) is 5.56. The van der Waals surface area contributed by atoms with Gasteiger partial charge in [0.15, 0.2) is 0 Å². The summed E-state index contributed by atoms with van der Waals surface area (Å²) in [6.45, 7) is 2.11. The molecule has 1 aliphatic heterocycles. The number of hydrazone groups is 1. The van der Waals surface area contributed by atoms with Crippen molar-refractivity contribution in [2.24, 2.45) is 5.10 Å². The van der Waals surface area contributed by atoms with Crippen molar-refractivity contribution in [1.29, 1.82) is 0 Å². The molecule has 4 heteroatoms. The van der Waals surface area contributed by atoms with Gasteiger partial charge in [-0.1, -0.05) is 42.1 Å². The highest BCUT2D eigenvalue weighted by molar-refractivity contribution is 6.42. The molecule has 0 radical (unpaired) electrons. The van der Waals surface area contributed by atoms with Crippen molar-refractivity contribution in [1.82, 2.24) is 5.01 Å². The van der Waals surface area contributed by atoms with Gasteiger partial charge in [-0.05, 0) is 30.5 Å². The first kappa shape index (κ1) is 12.7. The lowest BCUT2D eigenvalue weighted by Gasteiger charge is -2.15. The van der Waals surface area contributed by atoms with Gasteiger partial charge in [0.05, 0.1) is 16.3 Å². The third-order valence-electron chi connectivity index (χ3n) is 2.90. The van der Waals surface area contributed by atoms with Crippen LogP contribution in [-0.2, 0) is 0 Å². The van der Waals surface area contributed by atoms with Gasteiger partial charge in [-0.15, -0.1) is 0 Å². The summed E-state index contributed by atoms with van der Waals surface area (Å²) < 4.78 is 0. The fourth-order valence-electron chi connectivity index (χ4n) is 1.91. The third kappa shape index (κ3) is 3.90. The zero-order valence-corrected chi connectivity index (χ0v) is 11.2. The summed E-state index contributed by atoms with van der Waals surface area (Å²) in [4.78, 5) is 0. The van der Waals surface area contributed by atoms with Crippen LogP contribution in [0.25, 0.3) is 0 Å². The van der Waals surface area contributed by atoms with Crippen molar-refractivity contribution >= 4 is 29.4 Å². The van der Waals surface area contributed by atoms with Crippen molar-refractivity contribution in [3.05, 3.63) is 33.8 Å². The van der Waals surface area contributed by atoms with Crippen LogP contribution in [0.3, 0.4) is 0 Å². The number of hydrogen-bond acceptors (Lipinski definition) is 2. The smallest absolute Gasteiger partial charge is 0.0598 e. The molecule has 1 fully saturated rings. The molecule has 2 rings (SSSR count). The molecule has 1 saturated heterocycles. The highest BCUT2D eigenvalue weighted by atomic mass is 35.5. The molecule has 1 aromatic carbocycles. The molecule has 1 heterocycles. The first-order valence-electron chi connectivity index (χ1n) is 6.00. The van der Waals surface area contributed by atoms with Crippen LogP contribution in [-0.4, -0.2) is 24.3 Å². The van der Waals surface area contributed by atoms with E-state index < -0.39 is 0 Å². The topological polar surface area (TPSA) is 15.6 Å². The van der Waals surface area contributed by atoms with Gasteiger partial charge >= 0.3 is 0 Å². The zero-order valence-electron chi connectivity index (χ0n) is 9.70. The lowest BCUT2D eigenvalue weighted by atomic mass is 10.2. The number of benzene rings is 1. The Morgan fingerprint density at radius 1 is 1.00 bits per heavy atom. The van der Waals surface area contributed by atoms with E-state index in [4.69, 9.17) is 23.2 Å². The van der Waals surface area contributed by atoms with E-state index in [0.29, 0.717) is 10.0 Å². The molecule has 0 atom stereocenters. The number of nitrogens with zero attached hydrogens (tertiary/aromatic N) is 2. The molecule has 1 aromatic rings. The molecule has 0 bridgehead atoms. The number of halogens is 2. The third-order valence-corrected chi connectivity index (χ3v) is 3.64. The molecule has 0 aromatic heterocycles. The molecule has 0 N–H and O–H groups in total. The molecule has 1 aliphatic rings. The van der Waals surface area contributed by atoms with Crippen LogP contribution in [0.4, 0.5) is 0 Å². The second kappa shape index (κ2) is 6.27. The minimum Gasteiger partial charge on any atom is -0.297 e. The second-order valence-electron chi connectivity index (χ2n) is 4.29. The predicted molar refractivity (Wildman–Crippen MR) is 74.1 cm³/mol. The molecule has 0 saturated carbocycles. The van der Waals surface area contributed by atoms with Gasteiger partial charge in [0.25, 0.3) is 0 Å². The molecule has 2 nitrogen and oxygen atoms in total. The van der Waals surface area contributed by atoms with Crippen molar-refractivity contribution in [2.45, 2.75) is 25.7 Å². The number of hydrogen-bond donors (Lipinski definition) is 0. The average molecular weight is 271 g/mol. The Balaban J connectivity index is 2.00. The van der Waals surface area contributed by atoms with Crippen molar-refractivity contribution in [2.75, 3.05) is 13.1 Å². The Morgan fingerprint density at radius 2 is 1.71 bits per heavy atom. The SMILES string of the molecule is Clc1ccc(/C=N\N2CCCCCC2)cc1Cl. The Hall–Kier alpha value is -0.730. The number of rotatable bonds is 2. The molecule has 92 valence electrons. The predicted octanol–water partition coefficient (Wildman–Crippen LogP) is 4.20. The standard InChI is InChI=1S/C13H16Cl2N2/c14-12-6-5-11(9-13(12)15)10-16-17-7-3-1-2-4-8-17/h5-6,9-10H,1-4,7-8H2/b16-10-. The quantitative estimate of drug-likeness (QED) is 0.736. The van der Waals surface area contributed by atoms with Crippen LogP contribution in [0, 0.1) is 0 Å². The molecule has 0 amide bonds. The Bertz CT molecular complexity index is 396. The normalized spacial score (nSPS) is 17.4. The van der Waals surface area contributed by atoms with Gasteiger partial charge < -0.3 is 0 Å². The average Bonchev–Trinajstić information content (AvgIpc) is 2.59. The van der Waals surface area contributed by atoms with Crippen molar-refractivity contribution in [3.8, 4) is 0 Å². The minimum atomic E-state index is 0.575. The molecule has 0 aliphatic carbocycles. The summed E-state index contributed by atoms with van der Waals surface area (Å²) in [5.74, 6) is 0. The fourth-order valence-corrected chi connectivity index (χ4v) is 2.22. The highest BCUT2D eigenvalue weighted by Crippen LogP contribution is 2.21. The van der Waals surface area contributed by atoms with E-state index in [2.05, 4.69) is 10.1 Å². The maximum absolute atomic E-state index is 5.95. The first-order valence-corrected chi connectivity index (χ1v) is 6.75. The van der Waals surface area contributed by atoms with Gasteiger partial charge in [-0.25, -0.2) is 0 Å². The van der Waals surface area contributed by atoms with Crippen LogP contribution >= 0.6 is 23.2 Å². The lowest BCUT2D eigenvalue weighted by Crippen LogP contribution is -2.18. The van der Waals surface area contributed by atoms with E-state index in [9.17, 15) is 0 Å². The minimum absolute atomic E-state index is 0.575. The van der Waals surface area contributed by atoms with Crippen LogP contribution in [0.5, 0.6) is 0 Å². The van der Waals surface area contributed by atoms with Crippen LogP contribution in [0.15, 0.2) is 23.3 Å². The van der Waals surface area contributed by atoms with E-state index in [1.54, 1.807) is 6.07 Å². The Labute approximate surface area is 112 Å². The van der Waals surface area contributed by atoms with Gasteiger partial charge in [-0.3, -0.25) is 5.01 Å². The maximum atomic E-state index is 5.95. The van der Waals surface area contributed by atoms with Crippen molar-refractivity contribution < 1.29 is 0 Å². The van der Waals surface area contributed by atoms with E-state index in [-0.39, 0.29) is 0 Å². The van der Waals surface area contributed by atoms with Gasteiger partial charge in [0, 0.05) is 13.1 Å². The van der Waals surface area contributed by atoms with Crippen LogP contribution in [0.1, 0.15) is 31.2 Å². The van der Waals surface area contributed by atoms with E-state index in [1.165, 1.54) is 25.7 Å². The van der Waals surface area contributed by atoms with Gasteiger partial charge in [-0.2, -0.15) is 5.10 Å². The summed E-state index contributed by atoms with van der Waals surface area (Å²) in [7, 11) is 0. The zero-order chi connectivity index (χ0) is 12.1. The summed E-state index contributed by atoms with van der Waals surface area (Å²) in [5, 5.41) is 7.78. The second-order valence-corrected chi connectivity index (χ2v) is 5.10. The Kier molecular flexibility index (Phi) is 4.69.